The molecule has 0 unspecified atom stereocenters. The highest BCUT2D eigenvalue weighted by Crippen LogP contribution is 2.13. The molecular weight excluding hydrogens is 234 g/mol. The summed E-state index contributed by atoms with van der Waals surface area (Å²) in [7, 11) is 0. The molecule has 88 valence electrons. The van der Waals surface area contributed by atoms with Crippen LogP contribution in [0, 0.1) is 0 Å². The van der Waals surface area contributed by atoms with E-state index in [9.17, 15) is 4.79 Å². The van der Waals surface area contributed by atoms with Crippen LogP contribution in [0.25, 0.3) is 6.08 Å². The smallest absolute Gasteiger partial charge is 0.276 e. The number of carbonyl (C=O) groups is 1. The highest BCUT2D eigenvalue weighted by Gasteiger charge is 2.29. The van der Waals surface area contributed by atoms with Crippen molar-refractivity contribution >= 4 is 29.3 Å². The number of hydrogen-bond donors (Lipinski definition) is 1. The second-order valence-electron chi connectivity index (χ2n) is 3.70. The van der Waals surface area contributed by atoms with Crippen LogP contribution in [-0.2, 0) is 4.79 Å². The number of thiocarbonyl (C=S) groups is 1. The first-order valence-electron chi connectivity index (χ1n) is 5.48. The molecule has 1 aliphatic heterocycles. The van der Waals surface area contributed by atoms with Crippen molar-refractivity contribution in [2.75, 3.05) is 6.54 Å². The van der Waals surface area contributed by atoms with Crippen LogP contribution in [0.5, 0.6) is 0 Å². The molecule has 0 atom stereocenters. The number of aromatic nitrogens is 1. The van der Waals surface area contributed by atoms with Crippen LogP contribution in [-0.4, -0.2) is 27.4 Å². The lowest BCUT2D eigenvalue weighted by Gasteiger charge is -2.11. The van der Waals surface area contributed by atoms with Gasteiger partial charge in [-0.25, -0.2) is 0 Å². The Morgan fingerprint density at radius 3 is 3.00 bits per heavy atom. The maximum atomic E-state index is 12.0. The minimum Gasteiger partial charge on any atom is -0.328 e. The van der Waals surface area contributed by atoms with Gasteiger partial charge in [0.15, 0.2) is 5.11 Å². The minimum absolute atomic E-state index is 0.0810. The zero-order chi connectivity index (χ0) is 12.3. The minimum atomic E-state index is -0.0810. The van der Waals surface area contributed by atoms with Gasteiger partial charge in [-0.3, -0.25) is 14.7 Å². The van der Waals surface area contributed by atoms with Gasteiger partial charge in [-0.2, -0.15) is 0 Å². The molecule has 5 heteroatoms. The van der Waals surface area contributed by atoms with Crippen molar-refractivity contribution in [1.82, 2.24) is 15.2 Å². The van der Waals surface area contributed by atoms with Crippen molar-refractivity contribution in [3.8, 4) is 0 Å². The third-order valence-electron chi connectivity index (χ3n) is 2.39. The van der Waals surface area contributed by atoms with Crippen LogP contribution in [0.15, 0.2) is 30.1 Å². The lowest BCUT2D eigenvalue weighted by Crippen LogP contribution is -2.31. The average molecular weight is 247 g/mol. The van der Waals surface area contributed by atoms with Crippen LogP contribution >= 0.6 is 12.2 Å². The highest BCUT2D eigenvalue weighted by atomic mass is 32.1. The molecule has 1 saturated heterocycles. The molecule has 17 heavy (non-hydrogen) atoms. The number of rotatable bonds is 3. The quantitative estimate of drug-likeness (QED) is 0.650. The van der Waals surface area contributed by atoms with Crippen molar-refractivity contribution in [2.24, 2.45) is 0 Å². The van der Waals surface area contributed by atoms with E-state index in [-0.39, 0.29) is 5.91 Å². The first-order chi connectivity index (χ1) is 8.22. The van der Waals surface area contributed by atoms with E-state index in [1.54, 1.807) is 17.2 Å². The molecule has 2 rings (SSSR count). The molecule has 1 aromatic rings. The van der Waals surface area contributed by atoms with Crippen molar-refractivity contribution in [2.45, 2.75) is 13.3 Å². The first-order valence-corrected chi connectivity index (χ1v) is 5.88. The van der Waals surface area contributed by atoms with E-state index >= 15 is 0 Å². The van der Waals surface area contributed by atoms with Crippen molar-refractivity contribution in [3.05, 3.63) is 35.8 Å². The number of amides is 1. The summed E-state index contributed by atoms with van der Waals surface area (Å²) < 4.78 is 0. The Balaban J connectivity index is 2.22. The molecule has 1 amide bonds. The van der Waals surface area contributed by atoms with Gasteiger partial charge in [0.05, 0.1) is 5.69 Å². The zero-order valence-corrected chi connectivity index (χ0v) is 10.3. The third kappa shape index (κ3) is 2.50. The fourth-order valence-electron chi connectivity index (χ4n) is 1.61. The predicted octanol–water partition coefficient (Wildman–Crippen LogP) is 1.55. The molecule has 0 aromatic carbocycles. The second kappa shape index (κ2) is 5.05. The number of nitrogens with zero attached hydrogens (tertiary/aromatic N) is 2. The van der Waals surface area contributed by atoms with Gasteiger partial charge in [-0.1, -0.05) is 13.0 Å². The summed E-state index contributed by atoms with van der Waals surface area (Å²) in [5.41, 5.74) is 1.23. The topological polar surface area (TPSA) is 45.2 Å². The number of pyridine rings is 1. The Morgan fingerprint density at radius 1 is 1.53 bits per heavy atom. The number of nitrogens with one attached hydrogen (secondary N) is 1. The summed E-state index contributed by atoms with van der Waals surface area (Å²) in [6.07, 6.45) is 4.28. The summed E-state index contributed by atoms with van der Waals surface area (Å²) in [5, 5.41) is 3.39. The Labute approximate surface area is 105 Å². The molecule has 1 fully saturated rings. The zero-order valence-electron chi connectivity index (χ0n) is 9.51. The van der Waals surface area contributed by atoms with E-state index < -0.39 is 0 Å². The molecule has 0 aliphatic carbocycles. The van der Waals surface area contributed by atoms with Gasteiger partial charge < -0.3 is 5.32 Å². The lowest BCUT2D eigenvalue weighted by atomic mass is 10.3. The summed E-state index contributed by atoms with van der Waals surface area (Å²) in [4.78, 5) is 17.7. The standard InChI is InChI=1S/C12H13N3OS/c1-2-7-15-11(16)10(14-12(15)17)8-9-5-3-4-6-13-9/h3-6,8H,2,7H2,1H3,(H,14,17). The molecular formula is C12H13N3OS. The molecule has 2 heterocycles. The van der Waals surface area contributed by atoms with Crippen molar-refractivity contribution < 1.29 is 4.79 Å². The fourth-order valence-corrected chi connectivity index (χ4v) is 1.89. The summed E-state index contributed by atoms with van der Waals surface area (Å²) >= 11 is 5.11. The normalized spacial score (nSPS) is 17.7. The molecule has 4 nitrogen and oxygen atoms in total. The molecule has 0 radical (unpaired) electrons. The first kappa shape index (κ1) is 11.7. The molecule has 1 aliphatic rings. The third-order valence-corrected chi connectivity index (χ3v) is 2.71. The monoisotopic (exact) mass is 247 g/mol. The number of hydrogen-bond acceptors (Lipinski definition) is 3. The van der Waals surface area contributed by atoms with E-state index in [1.165, 1.54) is 0 Å². The van der Waals surface area contributed by atoms with Crippen molar-refractivity contribution in [3.63, 3.8) is 0 Å². The summed E-state index contributed by atoms with van der Waals surface area (Å²) in [6.45, 7) is 2.65. The van der Waals surface area contributed by atoms with Crippen molar-refractivity contribution in [1.29, 1.82) is 0 Å². The van der Waals surface area contributed by atoms with E-state index in [0.717, 1.165) is 12.1 Å². The van der Waals surface area contributed by atoms with Crippen LogP contribution in [0.4, 0.5) is 0 Å². The molecule has 1 N–H and O–H groups in total. The molecule has 0 saturated carbocycles. The summed E-state index contributed by atoms with van der Waals surface area (Å²) in [6, 6.07) is 5.55. The molecule has 0 spiro atoms. The van der Waals surface area contributed by atoms with Gasteiger partial charge in [0.1, 0.15) is 5.70 Å². The summed E-state index contributed by atoms with van der Waals surface area (Å²) in [5.74, 6) is -0.0810. The van der Waals surface area contributed by atoms with Crippen LogP contribution in [0.1, 0.15) is 19.0 Å². The number of carbonyl (C=O) groups excluding carboxylic acids is 1. The van der Waals surface area contributed by atoms with Gasteiger partial charge in [0.2, 0.25) is 0 Å². The van der Waals surface area contributed by atoms with Gasteiger partial charge >= 0.3 is 0 Å². The van der Waals surface area contributed by atoms with E-state index in [1.807, 2.05) is 25.1 Å². The Hall–Kier alpha value is -1.75. The Bertz CT molecular complexity index is 470. The molecule has 0 bridgehead atoms. The highest BCUT2D eigenvalue weighted by molar-refractivity contribution is 7.80. The van der Waals surface area contributed by atoms with Crippen LogP contribution in [0.3, 0.4) is 0 Å². The SMILES string of the molecule is CCCN1C(=O)C(=Cc2ccccn2)NC1=S. The van der Waals surface area contributed by atoms with Gasteiger partial charge in [-0.15, -0.1) is 0 Å². The predicted molar refractivity (Wildman–Crippen MR) is 70.0 cm³/mol. The molecule has 1 aromatic heterocycles. The van der Waals surface area contributed by atoms with Gasteiger partial charge in [0.25, 0.3) is 5.91 Å². The fraction of sp³-hybridized carbons (Fsp3) is 0.250. The maximum Gasteiger partial charge on any atom is 0.276 e. The Morgan fingerprint density at radius 2 is 2.35 bits per heavy atom. The average Bonchev–Trinajstić information content (AvgIpc) is 2.59. The van der Waals surface area contributed by atoms with Gasteiger partial charge in [0, 0.05) is 12.7 Å². The lowest BCUT2D eigenvalue weighted by molar-refractivity contribution is -0.122. The second-order valence-corrected chi connectivity index (χ2v) is 4.09. The van der Waals surface area contributed by atoms with E-state index in [4.69, 9.17) is 12.2 Å². The van der Waals surface area contributed by atoms with E-state index in [0.29, 0.717) is 17.4 Å². The van der Waals surface area contributed by atoms with Crippen LogP contribution < -0.4 is 5.32 Å². The van der Waals surface area contributed by atoms with Crippen LogP contribution in [0.2, 0.25) is 0 Å². The van der Waals surface area contributed by atoms with Gasteiger partial charge in [-0.05, 0) is 36.8 Å². The largest absolute Gasteiger partial charge is 0.328 e. The Kier molecular flexibility index (Phi) is 3.49. The maximum absolute atomic E-state index is 12.0. The van der Waals surface area contributed by atoms with E-state index in [2.05, 4.69) is 10.3 Å².